The summed E-state index contributed by atoms with van der Waals surface area (Å²) in [4.78, 5) is 0. The molecule has 3 heteroatoms. The Hall–Kier alpha value is -7.36. The van der Waals surface area contributed by atoms with E-state index in [9.17, 15) is 0 Å². The third-order valence-corrected chi connectivity index (χ3v) is 12.1. The number of rotatable bonds is 5. The second-order valence-corrected chi connectivity index (χ2v) is 15.2. The fourth-order valence-electron chi connectivity index (χ4n) is 9.59. The first kappa shape index (κ1) is 31.9. The second-order valence-electron chi connectivity index (χ2n) is 15.2. The Balaban J connectivity index is 1.02. The van der Waals surface area contributed by atoms with E-state index in [2.05, 4.69) is 214 Å². The summed E-state index contributed by atoms with van der Waals surface area (Å²) >= 11 is 0. The van der Waals surface area contributed by atoms with Gasteiger partial charge in [0, 0.05) is 55.1 Å². The molecule has 0 spiro atoms. The molecule has 0 bridgehead atoms. The molecule has 3 aromatic heterocycles. The van der Waals surface area contributed by atoms with Crippen LogP contribution >= 0.6 is 0 Å². The highest BCUT2D eigenvalue weighted by molar-refractivity contribution is 6.12. The highest BCUT2D eigenvalue weighted by atomic mass is 15.0. The molecule has 268 valence electrons. The van der Waals surface area contributed by atoms with Crippen molar-refractivity contribution in [1.29, 1.82) is 0 Å². The molecule has 0 radical (unpaired) electrons. The van der Waals surface area contributed by atoms with E-state index in [1.54, 1.807) is 0 Å². The van der Waals surface area contributed by atoms with Crippen LogP contribution in [0.4, 0.5) is 0 Å². The SMILES string of the molecule is C1=Cc2c(n(-c3ccc(-c4ccccc4)cc3)c3ccc(-c4ccccc4-n4c5ccccc5c5cc(-n6c7ccccc7c7ccccc76)ccc54)cc23)CC1. The van der Waals surface area contributed by atoms with Crippen LogP contribution in [0.25, 0.3) is 99.9 Å². The smallest absolute Gasteiger partial charge is 0.0542 e. The van der Waals surface area contributed by atoms with E-state index in [0.29, 0.717) is 0 Å². The molecule has 1 aliphatic rings. The summed E-state index contributed by atoms with van der Waals surface area (Å²) in [5.74, 6) is 0. The molecule has 3 nitrogen and oxygen atoms in total. The maximum absolute atomic E-state index is 2.49. The van der Waals surface area contributed by atoms with Gasteiger partial charge in [-0.1, -0.05) is 133 Å². The van der Waals surface area contributed by atoms with E-state index in [-0.39, 0.29) is 0 Å². The van der Waals surface area contributed by atoms with Gasteiger partial charge in [0.25, 0.3) is 0 Å². The minimum Gasteiger partial charge on any atom is -0.313 e. The normalized spacial score (nSPS) is 12.7. The molecular formula is C54H37N3. The highest BCUT2D eigenvalue weighted by Crippen LogP contribution is 2.41. The zero-order valence-corrected chi connectivity index (χ0v) is 31.3. The van der Waals surface area contributed by atoms with Gasteiger partial charge in [0.15, 0.2) is 0 Å². The van der Waals surface area contributed by atoms with Crippen LogP contribution in [-0.4, -0.2) is 13.7 Å². The fourth-order valence-corrected chi connectivity index (χ4v) is 9.59. The number of para-hydroxylation sites is 4. The number of fused-ring (bicyclic) bond motifs is 9. The molecule has 0 saturated carbocycles. The van der Waals surface area contributed by atoms with Crippen molar-refractivity contribution in [2.45, 2.75) is 12.8 Å². The van der Waals surface area contributed by atoms with Crippen LogP contribution < -0.4 is 0 Å². The first-order valence-corrected chi connectivity index (χ1v) is 19.9. The van der Waals surface area contributed by atoms with Crippen LogP contribution in [-0.2, 0) is 6.42 Å². The lowest BCUT2D eigenvalue weighted by Crippen LogP contribution is -2.02. The standard InChI is InChI=1S/C54H37N3/c1-2-14-36(15-3-1)37-26-29-39(30-27-37)55-51-24-12-7-19-44(51)46-34-38(28-32-53(46)55)41-16-4-9-21-48(41)57-52-25-13-8-20-45(52)47-35-40(31-33-54(47)57)56-49-22-10-5-17-42(49)43-18-6-11-23-50(43)56/h1-11,13-23,25-35H,12,24H2. The number of allylic oxidation sites excluding steroid dienone is 1. The molecule has 0 amide bonds. The van der Waals surface area contributed by atoms with Gasteiger partial charge in [0.1, 0.15) is 0 Å². The van der Waals surface area contributed by atoms with Gasteiger partial charge in [-0.2, -0.15) is 0 Å². The van der Waals surface area contributed by atoms with Gasteiger partial charge in [-0.05, 0) is 96.3 Å². The second kappa shape index (κ2) is 12.6. The maximum atomic E-state index is 2.49. The quantitative estimate of drug-likeness (QED) is 0.168. The first-order valence-electron chi connectivity index (χ1n) is 19.9. The topological polar surface area (TPSA) is 14.8 Å². The van der Waals surface area contributed by atoms with E-state index in [4.69, 9.17) is 0 Å². The Bertz CT molecular complexity index is 3340. The molecular weight excluding hydrogens is 691 g/mol. The van der Waals surface area contributed by atoms with Crippen molar-refractivity contribution >= 4 is 60.6 Å². The molecule has 0 aliphatic heterocycles. The van der Waals surface area contributed by atoms with Crippen molar-refractivity contribution in [1.82, 2.24) is 13.7 Å². The van der Waals surface area contributed by atoms with Crippen LogP contribution in [0.1, 0.15) is 17.7 Å². The van der Waals surface area contributed by atoms with Crippen LogP contribution in [0.15, 0.2) is 194 Å². The summed E-state index contributed by atoms with van der Waals surface area (Å²) in [7, 11) is 0. The van der Waals surface area contributed by atoms with Gasteiger partial charge in [-0.15, -0.1) is 0 Å². The van der Waals surface area contributed by atoms with E-state index >= 15 is 0 Å². The average Bonchev–Trinajstić information content (AvgIpc) is 3.92. The molecule has 0 unspecified atom stereocenters. The lowest BCUT2D eigenvalue weighted by molar-refractivity contribution is 0.888. The summed E-state index contributed by atoms with van der Waals surface area (Å²) in [6.45, 7) is 0. The molecule has 0 N–H and O–H groups in total. The minimum atomic E-state index is 1.02. The predicted molar refractivity (Wildman–Crippen MR) is 240 cm³/mol. The molecule has 11 aromatic rings. The zero-order valence-electron chi connectivity index (χ0n) is 31.3. The summed E-state index contributed by atoms with van der Waals surface area (Å²) < 4.78 is 7.37. The van der Waals surface area contributed by atoms with E-state index < -0.39 is 0 Å². The zero-order chi connectivity index (χ0) is 37.5. The van der Waals surface area contributed by atoms with Crippen LogP contribution in [0, 0.1) is 0 Å². The summed E-state index contributed by atoms with van der Waals surface area (Å²) in [6.07, 6.45) is 6.74. The Morgan fingerprint density at radius 3 is 1.65 bits per heavy atom. The van der Waals surface area contributed by atoms with Gasteiger partial charge < -0.3 is 13.7 Å². The number of aromatic nitrogens is 3. The molecule has 0 atom stereocenters. The Labute approximate surface area is 330 Å². The molecule has 8 aromatic carbocycles. The highest BCUT2D eigenvalue weighted by Gasteiger charge is 2.22. The summed E-state index contributed by atoms with van der Waals surface area (Å²) in [6, 6.07) is 69.0. The number of benzene rings is 8. The third kappa shape index (κ3) is 4.85. The van der Waals surface area contributed by atoms with E-state index in [1.807, 2.05) is 0 Å². The molecule has 0 saturated heterocycles. The van der Waals surface area contributed by atoms with Gasteiger partial charge in [-0.3, -0.25) is 0 Å². The first-order chi connectivity index (χ1) is 28.3. The van der Waals surface area contributed by atoms with Crippen molar-refractivity contribution < 1.29 is 0 Å². The van der Waals surface area contributed by atoms with E-state index in [1.165, 1.54) is 105 Å². The van der Waals surface area contributed by atoms with Crippen LogP contribution in [0.5, 0.6) is 0 Å². The Morgan fingerprint density at radius 1 is 0.351 bits per heavy atom. The van der Waals surface area contributed by atoms with Crippen molar-refractivity contribution in [2.75, 3.05) is 0 Å². The van der Waals surface area contributed by atoms with Gasteiger partial charge in [-0.25, -0.2) is 0 Å². The van der Waals surface area contributed by atoms with Gasteiger partial charge >= 0.3 is 0 Å². The van der Waals surface area contributed by atoms with Crippen molar-refractivity contribution in [2.24, 2.45) is 0 Å². The molecule has 1 aliphatic carbocycles. The molecule has 3 heterocycles. The summed E-state index contributed by atoms with van der Waals surface area (Å²) in [5, 5.41) is 6.32. The predicted octanol–water partition coefficient (Wildman–Crippen LogP) is 14.1. The Kier molecular flexibility index (Phi) is 7.05. The van der Waals surface area contributed by atoms with Crippen LogP contribution in [0.2, 0.25) is 0 Å². The van der Waals surface area contributed by atoms with E-state index in [0.717, 1.165) is 12.8 Å². The van der Waals surface area contributed by atoms with Crippen molar-refractivity contribution in [3.05, 3.63) is 205 Å². The van der Waals surface area contributed by atoms with Crippen LogP contribution in [0.3, 0.4) is 0 Å². The van der Waals surface area contributed by atoms with Gasteiger partial charge in [0.05, 0.1) is 33.3 Å². The van der Waals surface area contributed by atoms with Crippen molar-refractivity contribution in [3.8, 4) is 39.3 Å². The average molecular weight is 728 g/mol. The minimum absolute atomic E-state index is 1.02. The maximum Gasteiger partial charge on any atom is 0.0542 e. The number of hydrogen-bond donors (Lipinski definition) is 0. The Morgan fingerprint density at radius 2 is 0.895 bits per heavy atom. The van der Waals surface area contributed by atoms with Gasteiger partial charge in [0.2, 0.25) is 0 Å². The summed E-state index contributed by atoms with van der Waals surface area (Å²) in [5.41, 5.74) is 17.2. The molecule has 57 heavy (non-hydrogen) atoms. The molecule has 0 fully saturated rings. The fraction of sp³-hybridized carbons (Fsp3) is 0.0370. The third-order valence-electron chi connectivity index (χ3n) is 12.1. The monoisotopic (exact) mass is 727 g/mol. The molecule has 12 rings (SSSR count). The lowest BCUT2D eigenvalue weighted by Gasteiger charge is -2.15. The largest absolute Gasteiger partial charge is 0.313 e. The lowest BCUT2D eigenvalue weighted by atomic mass is 9.98. The number of hydrogen-bond acceptors (Lipinski definition) is 0. The van der Waals surface area contributed by atoms with Crippen molar-refractivity contribution in [3.63, 3.8) is 0 Å². The number of nitrogens with zero attached hydrogens (tertiary/aromatic N) is 3.